The quantitative estimate of drug-likeness (QED) is 0.760. The first-order valence-corrected chi connectivity index (χ1v) is 8.93. The molecule has 1 heterocycles. The van der Waals surface area contributed by atoms with Crippen LogP contribution in [0.15, 0.2) is 0 Å². The molecule has 1 aliphatic heterocycles. The Hall–Kier alpha value is 0.350. The lowest BCUT2D eigenvalue weighted by molar-refractivity contribution is 0.409. The summed E-state index contributed by atoms with van der Waals surface area (Å²) in [7, 11) is -3.25. The Morgan fingerprint density at radius 3 is 2.35 bits per heavy atom. The highest BCUT2D eigenvalue weighted by molar-refractivity contribution is 9.09. The van der Waals surface area contributed by atoms with Crippen molar-refractivity contribution in [2.24, 2.45) is 5.92 Å². The molecule has 102 valence electrons. The van der Waals surface area contributed by atoms with Crippen LogP contribution in [-0.2, 0) is 10.2 Å². The SMILES string of the molecule is CC(CCBr)CNS(=O)(=O)N1CCCCCC1. The molecule has 1 rings (SSSR count). The van der Waals surface area contributed by atoms with Gasteiger partial charge in [-0.3, -0.25) is 0 Å². The Morgan fingerprint density at radius 1 is 1.24 bits per heavy atom. The van der Waals surface area contributed by atoms with Crippen LogP contribution in [0.3, 0.4) is 0 Å². The lowest BCUT2D eigenvalue weighted by atomic mass is 10.1. The van der Waals surface area contributed by atoms with Gasteiger partial charge in [-0.05, 0) is 25.2 Å². The van der Waals surface area contributed by atoms with Gasteiger partial charge in [-0.15, -0.1) is 0 Å². The summed E-state index contributed by atoms with van der Waals surface area (Å²) >= 11 is 3.37. The predicted octanol–water partition coefficient (Wildman–Crippen LogP) is 2.12. The molecule has 1 N–H and O–H groups in total. The van der Waals surface area contributed by atoms with Crippen molar-refractivity contribution in [3.8, 4) is 0 Å². The van der Waals surface area contributed by atoms with Gasteiger partial charge in [-0.1, -0.05) is 35.7 Å². The molecule has 0 saturated carbocycles. The zero-order valence-electron chi connectivity index (χ0n) is 10.5. The third-order valence-corrected chi connectivity index (χ3v) is 5.16. The van der Waals surface area contributed by atoms with Gasteiger partial charge in [0, 0.05) is 25.0 Å². The number of halogens is 1. The van der Waals surface area contributed by atoms with Crippen LogP contribution in [0, 0.1) is 5.92 Å². The lowest BCUT2D eigenvalue weighted by Crippen LogP contribution is -2.42. The molecule has 1 saturated heterocycles. The van der Waals surface area contributed by atoms with Gasteiger partial charge in [-0.2, -0.15) is 12.7 Å². The zero-order valence-corrected chi connectivity index (χ0v) is 12.9. The minimum Gasteiger partial charge on any atom is -0.202 e. The molecule has 0 aromatic heterocycles. The van der Waals surface area contributed by atoms with Gasteiger partial charge < -0.3 is 0 Å². The van der Waals surface area contributed by atoms with Crippen LogP contribution in [-0.4, -0.2) is 37.7 Å². The van der Waals surface area contributed by atoms with Crippen molar-refractivity contribution in [2.75, 3.05) is 25.0 Å². The molecule has 0 bridgehead atoms. The molecule has 4 nitrogen and oxygen atoms in total. The van der Waals surface area contributed by atoms with Gasteiger partial charge >= 0.3 is 0 Å². The zero-order chi connectivity index (χ0) is 12.7. The van der Waals surface area contributed by atoms with E-state index in [0.717, 1.165) is 37.4 Å². The summed E-state index contributed by atoms with van der Waals surface area (Å²) in [6.07, 6.45) is 5.25. The van der Waals surface area contributed by atoms with Gasteiger partial charge in [-0.25, -0.2) is 4.72 Å². The molecule has 17 heavy (non-hydrogen) atoms. The van der Waals surface area contributed by atoms with Crippen LogP contribution >= 0.6 is 15.9 Å². The smallest absolute Gasteiger partial charge is 0.202 e. The van der Waals surface area contributed by atoms with E-state index in [-0.39, 0.29) is 0 Å². The normalized spacial score (nSPS) is 21.1. The second-order valence-corrected chi connectivity index (χ2v) is 7.30. The van der Waals surface area contributed by atoms with Crippen LogP contribution < -0.4 is 4.72 Å². The highest BCUT2D eigenvalue weighted by atomic mass is 79.9. The fourth-order valence-corrected chi connectivity index (χ4v) is 4.11. The van der Waals surface area contributed by atoms with Gasteiger partial charge in [0.2, 0.25) is 0 Å². The second kappa shape index (κ2) is 7.71. The van der Waals surface area contributed by atoms with Crippen molar-refractivity contribution in [3.05, 3.63) is 0 Å². The maximum absolute atomic E-state index is 12.1. The van der Waals surface area contributed by atoms with E-state index in [1.165, 1.54) is 0 Å². The number of alkyl halides is 1. The molecule has 1 fully saturated rings. The fourth-order valence-electron chi connectivity index (χ4n) is 1.91. The number of nitrogens with one attached hydrogen (secondary N) is 1. The van der Waals surface area contributed by atoms with Gasteiger partial charge in [0.1, 0.15) is 0 Å². The molecule has 6 heteroatoms. The van der Waals surface area contributed by atoms with Crippen molar-refractivity contribution < 1.29 is 8.42 Å². The van der Waals surface area contributed by atoms with E-state index in [1.807, 2.05) is 0 Å². The van der Waals surface area contributed by atoms with Gasteiger partial charge in [0.15, 0.2) is 0 Å². The van der Waals surface area contributed by atoms with Crippen LogP contribution in [0.1, 0.15) is 39.0 Å². The van der Waals surface area contributed by atoms with Crippen LogP contribution in [0.5, 0.6) is 0 Å². The molecule has 1 atom stereocenters. The highest BCUT2D eigenvalue weighted by Crippen LogP contribution is 2.12. The first-order valence-electron chi connectivity index (χ1n) is 6.37. The molecule has 0 amide bonds. The Balaban J connectivity index is 2.43. The molecule has 1 aliphatic rings. The predicted molar refractivity (Wildman–Crippen MR) is 74.5 cm³/mol. The summed E-state index contributed by atoms with van der Waals surface area (Å²) in [5.74, 6) is 0.371. The molecular weight excluding hydrogens is 304 g/mol. The first kappa shape index (κ1) is 15.4. The van der Waals surface area contributed by atoms with Crippen molar-refractivity contribution in [1.29, 1.82) is 0 Å². The summed E-state index contributed by atoms with van der Waals surface area (Å²) < 4.78 is 28.4. The Bertz CT molecular complexity index is 301. The molecule has 0 spiro atoms. The first-order chi connectivity index (χ1) is 8.06. The summed E-state index contributed by atoms with van der Waals surface area (Å²) in [5.41, 5.74) is 0. The van der Waals surface area contributed by atoms with Gasteiger partial charge in [0.25, 0.3) is 10.2 Å². The molecule has 0 aromatic carbocycles. The van der Waals surface area contributed by atoms with Crippen molar-refractivity contribution in [3.63, 3.8) is 0 Å². The molecule has 1 unspecified atom stereocenters. The molecule has 0 aliphatic carbocycles. The number of nitrogens with zero attached hydrogens (tertiary/aromatic N) is 1. The van der Waals surface area contributed by atoms with Crippen LogP contribution in [0.2, 0.25) is 0 Å². The molecular formula is C11H23BrN2O2S. The van der Waals surface area contributed by atoms with Crippen molar-refractivity contribution in [2.45, 2.75) is 39.0 Å². The summed E-state index contributed by atoms with van der Waals surface area (Å²) in [6.45, 7) is 3.93. The summed E-state index contributed by atoms with van der Waals surface area (Å²) in [5, 5.41) is 0.916. The topological polar surface area (TPSA) is 49.4 Å². The fraction of sp³-hybridized carbons (Fsp3) is 1.00. The van der Waals surface area contributed by atoms with E-state index in [1.54, 1.807) is 4.31 Å². The van der Waals surface area contributed by atoms with Crippen molar-refractivity contribution >= 4 is 26.1 Å². The summed E-state index contributed by atoms with van der Waals surface area (Å²) in [4.78, 5) is 0. The number of hydrogen-bond donors (Lipinski definition) is 1. The van der Waals surface area contributed by atoms with E-state index >= 15 is 0 Å². The maximum Gasteiger partial charge on any atom is 0.279 e. The minimum absolute atomic E-state index is 0.371. The van der Waals surface area contributed by atoms with Gasteiger partial charge in [0.05, 0.1) is 0 Å². The molecule has 0 radical (unpaired) electrons. The number of hydrogen-bond acceptors (Lipinski definition) is 2. The Kier molecular flexibility index (Phi) is 6.99. The average molecular weight is 327 g/mol. The van der Waals surface area contributed by atoms with Crippen molar-refractivity contribution in [1.82, 2.24) is 9.03 Å². The van der Waals surface area contributed by atoms with E-state index in [9.17, 15) is 8.42 Å². The largest absolute Gasteiger partial charge is 0.279 e. The highest BCUT2D eigenvalue weighted by Gasteiger charge is 2.22. The monoisotopic (exact) mass is 326 g/mol. The molecule has 0 aromatic rings. The Morgan fingerprint density at radius 2 is 1.82 bits per heavy atom. The van der Waals surface area contributed by atoms with E-state index in [0.29, 0.717) is 25.6 Å². The van der Waals surface area contributed by atoms with Crippen LogP contribution in [0.4, 0.5) is 0 Å². The third-order valence-electron chi connectivity index (χ3n) is 3.12. The van der Waals surface area contributed by atoms with E-state index in [2.05, 4.69) is 27.6 Å². The lowest BCUT2D eigenvalue weighted by Gasteiger charge is -2.21. The maximum atomic E-state index is 12.1. The minimum atomic E-state index is -3.25. The Labute approximate surface area is 113 Å². The van der Waals surface area contributed by atoms with E-state index in [4.69, 9.17) is 0 Å². The average Bonchev–Trinajstić information content (AvgIpc) is 2.56. The van der Waals surface area contributed by atoms with Crippen LogP contribution in [0.25, 0.3) is 0 Å². The number of rotatable bonds is 6. The summed E-state index contributed by atoms with van der Waals surface area (Å²) in [6, 6.07) is 0. The standard InChI is InChI=1S/C11H23BrN2O2S/c1-11(6-7-12)10-13-17(15,16)14-8-4-2-3-5-9-14/h11,13H,2-10H2,1H3. The third kappa shape index (κ3) is 5.68. The second-order valence-electron chi connectivity index (χ2n) is 4.75. The van der Waals surface area contributed by atoms with E-state index < -0.39 is 10.2 Å².